The zero-order valence-corrected chi connectivity index (χ0v) is 20.4. The first kappa shape index (κ1) is 25.2. The van der Waals surface area contributed by atoms with E-state index in [1.54, 1.807) is 43.3 Å². The topological polar surface area (TPSA) is 116 Å². The van der Waals surface area contributed by atoms with Gasteiger partial charge in [-0.25, -0.2) is 13.4 Å². The molecule has 1 amide bonds. The van der Waals surface area contributed by atoms with E-state index in [2.05, 4.69) is 25.9 Å². The summed E-state index contributed by atoms with van der Waals surface area (Å²) in [6.07, 6.45) is -2.80. The molecule has 1 aliphatic heterocycles. The van der Waals surface area contributed by atoms with Crippen molar-refractivity contribution < 1.29 is 26.4 Å². The van der Waals surface area contributed by atoms with Crippen molar-refractivity contribution in [3.05, 3.63) is 64.8 Å². The van der Waals surface area contributed by atoms with Gasteiger partial charge in [-0.15, -0.1) is 0 Å². The molecule has 0 spiro atoms. The molecule has 3 N–H and O–H groups in total. The van der Waals surface area contributed by atoms with E-state index in [0.717, 1.165) is 16.1 Å². The number of carbonyl (C=O) groups is 1. The molecule has 1 aliphatic rings. The first-order chi connectivity index (χ1) is 16.8. The smallest absolute Gasteiger partial charge is 0.365 e. The van der Waals surface area contributed by atoms with Crippen molar-refractivity contribution in [2.24, 2.45) is 0 Å². The molecule has 190 valence electrons. The molecule has 36 heavy (non-hydrogen) atoms. The largest absolute Gasteiger partial charge is 0.421 e. The van der Waals surface area contributed by atoms with Crippen molar-refractivity contribution >= 4 is 44.8 Å². The molecule has 3 aromatic rings. The van der Waals surface area contributed by atoms with Gasteiger partial charge in [0.05, 0.1) is 18.4 Å². The molecule has 0 bridgehead atoms. The van der Waals surface area contributed by atoms with Gasteiger partial charge in [0.15, 0.2) is 0 Å². The quantitative estimate of drug-likeness (QED) is 0.430. The fourth-order valence-corrected chi connectivity index (χ4v) is 4.31. The van der Waals surface area contributed by atoms with Crippen molar-refractivity contribution in [1.82, 2.24) is 9.97 Å². The van der Waals surface area contributed by atoms with Crippen LogP contribution in [-0.4, -0.2) is 37.6 Å². The number of sulfonamides is 1. The second kappa shape index (κ2) is 9.30. The molecule has 0 saturated carbocycles. The number of anilines is 5. The fourth-order valence-electron chi connectivity index (χ4n) is 3.78. The Labute approximate surface area is 205 Å². The highest BCUT2D eigenvalue weighted by Gasteiger charge is 2.35. The van der Waals surface area contributed by atoms with Crippen LogP contribution in [0.3, 0.4) is 0 Å². The molecule has 2 heterocycles. The average molecular weight is 521 g/mol. The highest BCUT2D eigenvalue weighted by molar-refractivity contribution is 7.92. The van der Waals surface area contributed by atoms with Crippen molar-refractivity contribution in [3.63, 3.8) is 0 Å². The third-order valence-electron chi connectivity index (χ3n) is 5.74. The van der Waals surface area contributed by atoms with Crippen LogP contribution in [-0.2, 0) is 34.0 Å². The molecule has 0 saturated heterocycles. The summed E-state index contributed by atoms with van der Waals surface area (Å²) in [4.78, 5) is 19.4. The summed E-state index contributed by atoms with van der Waals surface area (Å²) in [5, 5.41) is 8.29. The van der Waals surface area contributed by atoms with E-state index in [1.165, 1.54) is 7.05 Å². The van der Waals surface area contributed by atoms with Crippen LogP contribution in [0.5, 0.6) is 0 Å². The van der Waals surface area contributed by atoms with Crippen LogP contribution in [0.4, 0.5) is 42.0 Å². The zero-order chi connectivity index (χ0) is 26.3. The predicted molar refractivity (Wildman–Crippen MR) is 131 cm³/mol. The summed E-state index contributed by atoms with van der Waals surface area (Å²) < 4.78 is 66.3. The van der Waals surface area contributed by atoms with Gasteiger partial charge in [0.25, 0.3) is 0 Å². The van der Waals surface area contributed by atoms with Gasteiger partial charge in [-0.05, 0) is 47.9 Å². The minimum atomic E-state index is -4.72. The lowest BCUT2D eigenvalue weighted by molar-refractivity contribution is -0.137. The predicted octanol–water partition coefficient (Wildman–Crippen LogP) is 4.05. The Bertz CT molecular complexity index is 1440. The summed E-state index contributed by atoms with van der Waals surface area (Å²) in [6, 6.07) is 10.0. The zero-order valence-electron chi connectivity index (χ0n) is 19.6. The number of alkyl halides is 3. The van der Waals surface area contributed by atoms with E-state index in [4.69, 9.17) is 0 Å². The summed E-state index contributed by atoms with van der Waals surface area (Å²) >= 11 is 0. The van der Waals surface area contributed by atoms with Gasteiger partial charge in [0.1, 0.15) is 11.4 Å². The summed E-state index contributed by atoms with van der Waals surface area (Å²) in [5.74, 6) is -0.688. The molecule has 2 aromatic carbocycles. The molecule has 0 radical (unpaired) electrons. The Balaban J connectivity index is 1.64. The maximum absolute atomic E-state index is 13.7. The maximum atomic E-state index is 13.7. The van der Waals surface area contributed by atoms with E-state index < -0.39 is 27.6 Å². The van der Waals surface area contributed by atoms with Crippen molar-refractivity contribution in [3.8, 4) is 0 Å². The second-order valence-electron chi connectivity index (χ2n) is 8.33. The minimum Gasteiger partial charge on any atom is -0.365 e. The van der Waals surface area contributed by atoms with E-state index in [1.807, 2.05) is 0 Å². The SMILES string of the molecule is Cc1cccc(N(C)S(C)(=O)=O)c1CNc1nc(Nc2ccc3c(c2)CC(=O)N3)ncc1C(F)(F)F. The molecular formula is C23H23F3N6O3S. The summed E-state index contributed by atoms with van der Waals surface area (Å²) in [7, 11) is -2.22. The number of nitrogens with zero attached hydrogens (tertiary/aromatic N) is 3. The van der Waals surface area contributed by atoms with Crippen LogP contribution in [0.25, 0.3) is 0 Å². The molecular weight excluding hydrogens is 497 g/mol. The highest BCUT2D eigenvalue weighted by Crippen LogP contribution is 2.35. The average Bonchev–Trinajstić information content (AvgIpc) is 3.15. The summed E-state index contributed by atoms with van der Waals surface area (Å²) in [5.41, 5.74) is 2.40. The number of hydrogen-bond donors (Lipinski definition) is 3. The van der Waals surface area contributed by atoms with Gasteiger partial charge < -0.3 is 16.0 Å². The normalized spacial score (nSPS) is 13.2. The molecule has 0 unspecified atom stereocenters. The first-order valence-electron chi connectivity index (χ1n) is 10.7. The number of halogens is 3. The van der Waals surface area contributed by atoms with Gasteiger partial charge in [0.2, 0.25) is 21.9 Å². The summed E-state index contributed by atoms with van der Waals surface area (Å²) in [6.45, 7) is 1.62. The lowest BCUT2D eigenvalue weighted by atomic mass is 10.1. The molecule has 1 aromatic heterocycles. The number of rotatable bonds is 7. The van der Waals surface area contributed by atoms with E-state index in [0.29, 0.717) is 34.4 Å². The van der Waals surface area contributed by atoms with Gasteiger partial charge in [-0.2, -0.15) is 18.2 Å². The van der Waals surface area contributed by atoms with Gasteiger partial charge in [0, 0.05) is 31.2 Å². The van der Waals surface area contributed by atoms with Gasteiger partial charge >= 0.3 is 6.18 Å². The van der Waals surface area contributed by atoms with Crippen LogP contribution >= 0.6 is 0 Å². The Hall–Kier alpha value is -3.87. The molecule has 0 fully saturated rings. The highest BCUT2D eigenvalue weighted by atomic mass is 32.2. The number of fused-ring (bicyclic) bond motifs is 1. The number of nitrogens with one attached hydrogen (secondary N) is 3. The molecule has 0 aliphatic carbocycles. The third-order valence-corrected chi connectivity index (χ3v) is 6.93. The van der Waals surface area contributed by atoms with E-state index in [9.17, 15) is 26.4 Å². The monoisotopic (exact) mass is 520 g/mol. The van der Waals surface area contributed by atoms with Crippen LogP contribution in [0.15, 0.2) is 42.6 Å². The van der Waals surface area contributed by atoms with Crippen LogP contribution in [0, 0.1) is 6.92 Å². The fraction of sp³-hybridized carbons (Fsp3) is 0.261. The minimum absolute atomic E-state index is 0.0824. The second-order valence-corrected chi connectivity index (χ2v) is 10.3. The maximum Gasteiger partial charge on any atom is 0.421 e. The standard InChI is InChI=1S/C23H23F3N6O3S/c1-13-5-4-6-19(32(2)36(3,34)35)16(13)11-27-21-17(23(24,25)26)12-28-22(31-21)29-15-7-8-18-14(9-15)10-20(33)30-18/h4-9,12H,10-11H2,1-3H3,(H,30,33)(H2,27,28,29,31). The Kier molecular flexibility index (Phi) is 6.52. The van der Waals surface area contributed by atoms with Crippen LogP contribution in [0.2, 0.25) is 0 Å². The number of aromatic nitrogens is 2. The lowest BCUT2D eigenvalue weighted by Gasteiger charge is -2.22. The molecule has 13 heteroatoms. The van der Waals surface area contributed by atoms with Crippen molar-refractivity contribution in [1.29, 1.82) is 0 Å². The Morgan fingerprint density at radius 1 is 1.19 bits per heavy atom. The molecule has 0 atom stereocenters. The number of benzene rings is 2. The van der Waals surface area contributed by atoms with Crippen molar-refractivity contribution in [2.45, 2.75) is 26.1 Å². The Morgan fingerprint density at radius 2 is 1.94 bits per heavy atom. The molecule has 9 nitrogen and oxygen atoms in total. The van der Waals surface area contributed by atoms with Gasteiger partial charge in [-0.3, -0.25) is 9.10 Å². The number of amides is 1. The Morgan fingerprint density at radius 3 is 2.64 bits per heavy atom. The number of carbonyl (C=O) groups excluding carboxylic acids is 1. The van der Waals surface area contributed by atoms with Crippen LogP contribution in [0.1, 0.15) is 22.3 Å². The van der Waals surface area contributed by atoms with E-state index >= 15 is 0 Å². The number of hydrogen-bond acceptors (Lipinski definition) is 7. The molecule has 4 rings (SSSR count). The van der Waals surface area contributed by atoms with Gasteiger partial charge in [-0.1, -0.05) is 12.1 Å². The lowest BCUT2D eigenvalue weighted by Crippen LogP contribution is -2.26. The third kappa shape index (κ3) is 5.35. The first-order valence-corrected chi connectivity index (χ1v) is 12.6. The van der Waals surface area contributed by atoms with E-state index in [-0.39, 0.29) is 24.8 Å². The number of aryl methyl sites for hydroxylation is 1. The van der Waals surface area contributed by atoms with Crippen LogP contribution < -0.4 is 20.3 Å². The van der Waals surface area contributed by atoms with Crippen molar-refractivity contribution in [2.75, 3.05) is 33.6 Å².